The molecule has 0 unspecified atom stereocenters. The van der Waals surface area contributed by atoms with Crippen LogP contribution in [0.1, 0.15) is 21.7 Å². The molecule has 0 amide bonds. The van der Waals surface area contributed by atoms with Crippen LogP contribution in [-0.2, 0) is 6.42 Å². The second-order valence-electron chi connectivity index (χ2n) is 4.73. The highest BCUT2D eigenvalue weighted by molar-refractivity contribution is 7.20. The van der Waals surface area contributed by atoms with E-state index in [2.05, 4.69) is 4.98 Å². The van der Waals surface area contributed by atoms with Gasteiger partial charge in [-0.1, -0.05) is 23.2 Å². The van der Waals surface area contributed by atoms with Gasteiger partial charge in [0.15, 0.2) is 5.78 Å². The van der Waals surface area contributed by atoms with Gasteiger partial charge in [0.1, 0.15) is 0 Å². The number of hydrogen-bond acceptors (Lipinski definition) is 3. The number of nitrogens with zero attached hydrogens (tertiary/aromatic N) is 1. The minimum atomic E-state index is 0.132. The fourth-order valence-corrected chi connectivity index (χ4v) is 3.73. The summed E-state index contributed by atoms with van der Waals surface area (Å²) < 4.78 is 1.03. The maximum Gasteiger partial charge on any atom is 0.173 e. The highest BCUT2D eigenvalue weighted by atomic mass is 35.5. The molecule has 0 radical (unpaired) electrons. The van der Waals surface area contributed by atoms with Crippen molar-refractivity contribution in [2.45, 2.75) is 12.8 Å². The fourth-order valence-electron chi connectivity index (χ4n) is 2.16. The van der Waals surface area contributed by atoms with E-state index in [4.69, 9.17) is 23.2 Å². The Morgan fingerprint density at radius 3 is 2.62 bits per heavy atom. The van der Waals surface area contributed by atoms with Crippen molar-refractivity contribution in [1.82, 2.24) is 4.98 Å². The summed E-state index contributed by atoms with van der Waals surface area (Å²) in [5.41, 5.74) is 0.976. The van der Waals surface area contributed by atoms with Crippen molar-refractivity contribution in [3.05, 3.63) is 63.2 Å². The Hall–Kier alpha value is -1.42. The molecule has 0 N–H and O–H groups in total. The predicted octanol–water partition coefficient (Wildman–Crippen LogP) is 5.42. The number of Topliss-reactive ketones (excluding diaryl/α,β-unsaturated/α-hetero) is 1. The third-order valence-corrected chi connectivity index (χ3v) is 4.72. The zero-order valence-electron chi connectivity index (χ0n) is 11.0. The van der Waals surface area contributed by atoms with E-state index in [0.717, 1.165) is 20.5 Å². The molecule has 0 aliphatic heterocycles. The molecule has 3 aromatic rings. The standard InChI is InChI=1S/C16H11Cl2NOS/c17-12-5-10(6-13(18)8-12)1-2-14(20)15-7-11-3-4-19-9-16(11)21-15/h3-9H,1-2H2. The number of aryl methyl sites for hydroxylation is 1. The number of pyridine rings is 1. The first-order valence-electron chi connectivity index (χ1n) is 6.43. The summed E-state index contributed by atoms with van der Waals surface area (Å²) in [4.78, 5) is 17.1. The molecular formula is C16H11Cl2NOS. The largest absolute Gasteiger partial charge is 0.293 e. The molecule has 0 saturated heterocycles. The summed E-state index contributed by atoms with van der Waals surface area (Å²) in [6, 6.07) is 9.22. The molecule has 2 heterocycles. The summed E-state index contributed by atoms with van der Waals surface area (Å²) in [6.07, 6.45) is 4.59. The van der Waals surface area contributed by atoms with Gasteiger partial charge < -0.3 is 0 Å². The SMILES string of the molecule is O=C(CCc1cc(Cl)cc(Cl)c1)c1cc2ccncc2s1. The molecule has 3 rings (SSSR count). The van der Waals surface area contributed by atoms with Gasteiger partial charge >= 0.3 is 0 Å². The molecule has 0 saturated carbocycles. The Labute approximate surface area is 136 Å². The van der Waals surface area contributed by atoms with Crippen LogP contribution in [0.4, 0.5) is 0 Å². The van der Waals surface area contributed by atoms with E-state index in [9.17, 15) is 4.79 Å². The number of ketones is 1. The van der Waals surface area contributed by atoms with Crippen molar-refractivity contribution < 1.29 is 4.79 Å². The Morgan fingerprint density at radius 2 is 1.90 bits per heavy atom. The van der Waals surface area contributed by atoms with Gasteiger partial charge in [0.25, 0.3) is 0 Å². The quantitative estimate of drug-likeness (QED) is 0.596. The number of carbonyl (C=O) groups excluding carboxylic acids is 1. The predicted molar refractivity (Wildman–Crippen MR) is 88.7 cm³/mol. The van der Waals surface area contributed by atoms with Crippen LogP contribution in [-0.4, -0.2) is 10.8 Å². The normalized spacial score (nSPS) is 11.0. The second kappa shape index (κ2) is 6.14. The lowest BCUT2D eigenvalue weighted by Gasteiger charge is -2.02. The topological polar surface area (TPSA) is 30.0 Å². The molecule has 0 atom stereocenters. The molecule has 0 aliphatic rings. The summed E-state index contributed by atoms with van der Waals surface area (Å²) in [5.74, 6) is 0.132. The van der Waals surface area contributed by atoms with Crippen LogP contribution in [0.15, 0.2) is 42.7 Å². The van der Waals surface area contributed by atoms with E-state index in [1.165, 1.54) is 11.3 Å². The molecule has 0 bridgehead atoms. The summed E-state index contributed by atoms with van der Waals surface area (Å²) in [6.45, 7) is 0. The van der Waals surface area contributed by atoms with Crippen LogP contribution in [0.5, 0.6) is 0 Å². The summed E-state index contributed by atoms with van der Waals surface area (Å²) >= 11 is 13.4. The zero-order chi connectivity index (χ0) is 14.8. The molecule has 0 spiro atoms. The lowest BCUT2D eigenvalue weighted by atomic mass is 10.1. The third kappa shape index (κ3) is 3.43. The smallest absolute Gasteiger partial charge is 0.173 e. The van der Waals surface area contributed by atoms with E-state index in [1.54, 1.807) is 18.5 Å². The molecule has 106 valence electrons. The van der Waals surface area contributed by atoms with Gasteiger partial charge in [0, 0.05) is 28.9 Å². The highest BCUT2D eigenvalue weighted by Crippen LogP contribution is 2.26. The molecule has 5 heteroatoms. The molecule has 21 heavy (non-hydrogen) atoms. The first-order chi connectivity index (χ1) is 10.1. The van der Waals surface area contributed by atoms with Crippen molar-refractivity contribution in [2.24, 2.45) is 0 Å². The van der Waals surface area contributed by atoms with Crippen LogP contribution in [0.25, 0.3) is 10.1 Å². The lowest BCUT2D eigenvalue weighted by molar-refractivity contribution is 0.0987. The van der Waals surface area contributed by atoms with Crippen LogP contribution in [0, 0.1) is 0 Å². The summed E-state index contributed by atoms with van der Waals surface area (Å²) in [5, 5.41) is 2.25. The highest BCUT2D eigenvalue weighted by Gasteiger charge is 2.11. The third-order valence-electron chi connectivity index (χ3n) is 3.16. The molecule has 0 aliphatic carbocycles. The van der Waals surface area contributed by atoms with Gasteiger partial charge in [-0.2, -0.15) is 0 Å². The summed E-state index contributed by atoms with van der Waals surface area (Å²) in [7, 11) is 0. The van der Waals surface area contributed by atoms with Gasteiger partial charge in [0.2, 0.25) is 0 Å². The maximum atomic E-state index is 12.3. The number of thiophene rings is 1. The van der Waals surface area contributed by atoms with E-state index < -0.39 is 0 Å². The van der Waals surface area contributed by atoms with Crippen molar-refractivity contribution in [2.75, 3.05) is 0 Å². The first-order valence-corrected chi connectivity index (χ1v) is 8.01. The Kier molecular flexibility index (Phi) is 4.24. The van der Waals surface area contributed by atoms with E-state index in [0.29, 0.717) is 22.9 Å². The Bertz CT molecular complexity index is 760. The van der Waals surface area contributed by atoms with E-state index >= 15 is 0 Å². The average Bonchev–Trinajstić information content (AvgIpc) is 2.87. The van der Waals surface area contributed by atoms with Gasteiger partial charge in [-0.15, -0.1) is 11.3 Å². The van der Waals surface area contributed by atoms with Gasteiger partial charge in [-0.05, 0) is 47.7 Å². The van der Waals surface area contributed by atoms with E-state index in [-0.39, 0.29) is 5.78 Å². The number of rotatable bonds is 4. The molecule has 2 nitrogen and oxygen atoms in total. The van der Waals surface area contributed by atoms with Crippen molar-refractivity contribution >= 4 is 50.4 Å². The van der Waals surface area contributed by atoms with Crippen LogP contribution in [0.2, 0.25) is 10.0 Å². The van der Waals surface area contributed by atoms with Crippen LogP contribution in [0.3, 0.4) is 0 Å². The van der Waals surface area contributed by atoms with E-state index in [1.807, 2.05) is 24.3 Å². The average molecular weight is 336 g/mol. The molecule has 2 aromatic heterocycles. The maximum absolute atomic E-state index is 12.3. The zero-order valence-corrected chi connectivity index (χ0v) is 13.3. The van der Waals surface area contributed by atoms with Crippen molar-refractivity contribution in [3.8, 4) is 0 Å². The Morgan fingerprint density at radius 1 is 1.14 bits per heavy atom. The number of benzene rings is 1. The number of fused-ring (bicyclic) bond motifs is 1. The number of aromatic nitrogens is 1. The van der Waals surface area contributed by atoms with Gasteiger partial charge in [-0.25, -0.2) is 0 Å². The Balaban J connectivity index is 1.74. The molecular weight excluding hydrogens is 325 g/mol. The first kappa shape index (κ1) is 14.5. The lowest BCUT2D eigenvalue weighted by Crippen LogP contribution is -1.98. The molecule has 1 aromatic carbocycles. The minimum Gasteiger partial charge on any atom is -0.293 e. The van der Waals surface area contributed by atoms with Gasteiger partial charge in [-0.3, -0.25) is 9.78 Å². The number of halogens is 2. The van der Waals surface area contributed by atoms with Crippen LogP contribution >= 0.6 is 34.5 Å². The number of carbonyl (C=O) groups is 1. The fraction of sp³-hybridized carbons (Fsp3) is 0.125. The second-order valence-corrected chi connectivity index (χ2v) is 6.68. The van der Waals surface area contributed by atoms with Crippen molar-refractivity contribution in [1.29, 1.82) is 0 Å². The molecule has 0 fully saturated rings. The monoisotopic (exact) mass is 335 g/mol. The minimum absolute atomic E-state index is 0.132. The van der Waals surface area contributed by atoms with Crippen LogP contribution < -0.4 is 0 Å². The van der Waals surface area contributed by atoms with Gasteiger partial charge in [0.05, 0.1) is 9.58 Å². The number of hydrogen-bond donors (Lipinski definition) is 0. The van der Waals surface area contributed by atoms with Crippen molar-refractivity contribution in [3.63, 3.8) is 0 Å².